The molecule has 2 aromatic rings. The van der Waals surface area contributed by atoms with E-state index >= 15 is 0 Å². The van der Waals surface area contributed by atoms with Crippen molar-refractivity contribution in [3.63, 3.8) is 0 Å². The van der Waals surface area contributed by atoms with Gasteiger partial charge in [-0.25, -0.2) is 9.82 Å². The van der Waals surface area contributed by atoms with Gasteiger partial charge in [0.2, 0.25) is 0 Å². The molecule has 5 heteroatoms. The molecule has 1 atom stereocenters. The Balaban J connectivity index is 2.62. The molecule has 0 heterocycles. The fourth-order valence-electron chi connectivity index (χ4n) is 2.36. The van der Waals surface area contributed by atoms with Crippen molar-refractivity contribution in [2.75, 3.05) is 0 Å². The summed E-state index contributed by atoms with van der Waals surface area (Å²) in [5, 5.41) is 0.523. The highest BCUT2D eigenvalue weighted by atomic mass is 79.9. The summed E-state index contributed by atoms with van der Waals surface area (Å²) < 4.78 is 15.1. The Morgan fingerprint density at radius 1 is 1.30 bits per heavy atom. The van der Waals surface area contributed by atoms with Gasteiger partial charge in [-0.15, -0.1) is 0 Å². The van der Waals surface area contributed by atoms with Crippen LogP contribution in [0, 0.1) is 19.7 Å². The summed E-state index contributed by atoms with van der Waals surface area (Å²) in [5.74, 6) is 5.35. The molecule has 2 aromatic carbocycles. The van der Waals surface area contributed by atoms with E-state index in [0.717, 1.165) is 21.2 Å². The summed E-state index contributed by atoms with van der Waals surface area (Å²) in [4.78, 5) is 0. The van der Waals surface area contributed by atoms with Crippen LogP contribution >= 0.6 is 27.5 Å². The Morgan fingerprint density at radius 3 is 2.60 bits per heavy atom. The second-order valence-electron chi connectivity index (χ2n) is 4.72. The summed E-state index contributed by atoms with van der Waals surface area (Å²) >= 11 is 9.66. The van der Waals surface area contributed by atoms with Gasteiger partial charge in [-0.05, 0) is 58.6 Å². The quantitative estimate of drug-likeness (QED) is 0.631. The topological polar surface area (TPSA) is 38.0 Å². The van der Waals surface area contributed by atoms with Gasteiger partial charge < -0.3 is 0 Å². The van der Waals surface area contributed by atoms with Crippen LogP contribution in [0.25, 0.3) is 0 Å². The van der Waals surface area contributed by atoms with Crippen LogP contribution in [0.1, 0.15) is 28.3 Å². The van der Waals surface area contributed by atoms with Gasteiger partial charge in [0, 0.05) is 10.0 Å². The lowest BCUT2D eigenvalue weighted by Gasteiger charge is -2.21. The summed E-state index contributed by atoms with van der Waals surface area (Å²) in [6, 6.07) is 8.43. The lowest BCUT2D eigenvalue weighted by atomic mass is 9.93. The first-order valence-corrected chi connectivity index (χ1v) is 7.29. The highest BCUT2D eigenvalue weighted by molar-refractivity contribution is 9.10. The van der Waals surface area contributed by atoms with E-state index in [4.69, 9.17) is 17.4 Å². The Kier molecular flexibility index (Phi) is 4.81. The maximum Gasteiger partial charge on any atom is 0.128 e. The third-order valence-electron chi connectivity index (χ3n) is 3.23. The lowest BCUT2D eigenvalue weighted by Crippen LogP contribution is -2.30. The van der Waals surface area contributed by atoms with Crippen molar-refractivity contribution < 1.29 is 4.39 Å². The first-order chi connectivity index (χ1) is 9.45. The average molecular weight is 358 g/mol. The molecule has 3 N–H and O–H groups in total. The molecule has 0 aromatic heterocycles. The molecular weight excluding hydrogens is 343 g/mol. The molecule has 0 radical (unpaired) electrons. The Morgan fingerprint density at radius 2 is 2.00 bits per heavy atom. The molecule has 106 valence electrons. The van der Waals surface area contributed by atoms with Crippen LogP contribution in [0.4, 0.5) is 4.39 Å². The predicted molar refractivity (Wildman–Crippen MR) is 84.2 cm³/mol. The molecule has 0 aliphatic rings. The van der Waals surface area contributed by atoms with E-state index in [-0.39, 0.29) is 5.82 Å². The van der Waals surface area contributed by atoms with Gasteiger partial charge in [0.25, 0.3) is 0 Å². The summed E-state index contributed by atoms with van der Waals surface area (Å²) in [6.07, 6.45) is 0. The third kappa shape index (κ3) is 2.88. The molecule has 0 aliphatic carbocycles. The standard InChI is InChI=1S/C15H15BrClFN2/c1-8-6-9(2)13(12(18)7-8)15(20-19)10-4-3-5-11(16)14(10)17/h3-7,15,20H,19H2,1-2H3. The first-order valence-electron chi connectivity index (χ1n) is 6.12. The number of aryl methyl sites for hydroxylation is 2. The minimum absolute atomic E-state index is 0.290. The fourth-order valence-corrected chi connectivity index (χ4v) is 2.98. The van der Waals surface area contributed by atoms with Crippen molar-refractivity contribution in [2.24, 2.45) is 5.84 Å². The van der Waals surface area contributed by atoms with Gasteiger partial charge in [-0.2, -0.15) is 0 Å². The molecular formula is C15H15BrClFN2. The van der Waals surface area contributed by atoms with Gasteiger partial charge in [0.1, 0.15) is 5.82 Å². The van der Waals surface area contributed by atoms with Crippen LogP contribution in [-0.4, -0.2) is 0 Å². The Hall–Kier alpha value is -0.940. The monoisotopic (exact) mass is 356 g/mol. The van der Waals surface area contributed by atoms with E-state index in [2.05, 4.69) is 21.4 Å². The normalized spacial score (nSPS) is 12.5. The van der Waals surface area contributed by atoms with Crippen molar-refractivity contribution in [1.82, 2.24) is 5.43 Å². The number of rotatable bonds is 3. The van der Waals surface area contributed by atoms with Crippen LogP contribution in [0.5, 0.6) is 0 Å². The van der Waals surface area contributed by atoms with Crippen LogP contribution < -0.4 is 11.3 Å². The van der Waals surface area contributed by atoms with Crippen LogP contribution in [0.3, 0.4) is 0 Å². The van der Waals surface area contributed by atoms with E-state index in [1.54, 1.807) is 0 Å². The van der Waals surface area contributed by atoms with E-state index in [1.807, 2.05) is 38.1 Å². The SMILES string of the molecule is Cc1cc(C)c(C(NN)c2cccc(Br)c2Cl)c(F)c1. The number of nitrogens with two attached hydrogens (primary N) is 1. The van der Waals surface area contributed by atoms with Crippen molar-refractivity contribution in [1.29, 1.82) is 0 Å². The molecule has 0 saturated heterocycles. The van der Waals surface area contributed by atoms with Crippen LogP contribution in [0.2, 0.25) is 5.02 Å². The minimum atomic E-state index is -0.499. The second-order valence-corrected chi connectivity index (χ2v) is 5.95. The number of hydrazine groups is 1. The maximum absolute atomic E-state index is 14.3. The van der Waals surface area contributed by atoms with E-state index in [1.165, 1.54) is 6.07 Å². The molecule has 2 nitrogen and oxygen atoms in total. The van der Waals surface area contributed by atoms with Gasteiger partial charge in [-0.1, -0.05) is 29.8 Å². The summed E-state index contributed by atoms with van der Waals surface area (Å²) in [5.41, 5.74) is 5.61. The zero-order valence-electron chi connectivity index (χ0n) is 11.2. The molecule has 0 aliphatic heterocycles. The van der Waals surface area contributed by atoms with Gasteiger partial charge >= 0.3 is 0 Å². The molecule has 0 fully saturated rings. The number of halogens is 3. The van der Waals surface area contributed by atoms with Crippen molar-refractivity contribution in [3.05, 3.63) is 67.9 Å². The highest BCUT2D eigenvalue weighted by Crippen LogP contribution is 2.35. The third-order valence-corrected chi connectivity index (χ3v) is 4.54. The minimum Gasteiger partial charge on any atom is -0.271 e. The molecule has 20 heavy (non-hydrogen) atoms. The number of hydrogen-bond donors (Lipinski definition) is 2. The molecule has 0 bridgehead atoms. The fraction of sp³-hybridized carbons (Fsp3) is 0.200. The van der Waals surface area contributed by atoms with E-state index in [9.17, 15) is 4.39 Å². The number of nitrogens with one attached hydrogen (secondary N) is 1. The largest absolute Gasteiger partial charge is 0.271 e. The molecule has 0 amide bonds. The van der Waals surface area contributed by atoms with E-state index < -0.39 is 6.04 Å². The molecule has 0 spiro atoms. The number of benzene rings is 2. The van der Waals surface area contributed by atoms with Crippen molar-refractivity contribution in [3.8, 4) is 0 Å². The van der Waals surface area contributed by atoms with Crippen molar-refractivity contribution >= 4 is 27.5 Å². The molecule has 1 unspecified atom stereocenters. The Bertz CT molecular complexity index is 623. The zero-order chi connectivity index (χ0) is 14.9. The van der Waals surface area contributed by atoms with E-state index in [0.29, 0.717) is 10.6 Å². The molecule has 2 rings (SSSR count). The van der Waals surface area contributed by atoms with Gasteiger partial charge in [0.05, 0.1) is 11.1 Å². The molecule has 0 saturated carbocycles. The predicted octanol–water partition coefficient (Wildman–Crippen LogP) is 4.41. The maximum atomic E-state index is 14.3. The lowest BCUT2D eigenvalue weighted by molar-refractivity contribution is 0.556. The van der Waals surface area contributed by atoms with Crippen LogP contribution in [0.15, 0.2) is 34.8 Å². The summed E-state index contributed by atoms with van der Waals surface area (Å²) in [6.45, 7) is 3.72. The van der Waals surface area contributed by atoms with Gasteiger partial charge in [-0.3, -0.25) is 5.84 Å². The second kappa shape index (κ2) is 6.22. The summed E-state index contributed by atoms with van der Waals surface area (Å²) in [7, 11) is 0. The average Bonchev–Trinajstić information content (AvgIpc) is 2.37. The zero-order valence-corrected chi connectivity index (χ0v) is 13.5. The van der Waals surface area contributed by atoms with Gasteiger partial charge in [0.15, 0.2) is 0 Å². The Labute approximate surface area is 131 Å². The van der Waals surface area contributed by atoms with Crippen molar-refractivity contribution in [2.45, 2.75) is 19.9 Å². The highest BCUT2D eigenvalue weighted by Gasteiger charge is 2.22. The first kappa shape index (κ1) is 15.4. The van der Waals surface area contributed by atoms with Crippen LogP contribution in [-0.2, 0) is 0 Å². The smallest absolute Gasteiger partial charge is 0.128 e. The number of hydrogen-bond acceptors (Lipinski definition) is 2.